The maximum Gasteiger partial charge on any atom is 0.127 e. The third-order valence-corrected chi connectivity index (χ3v) is 4.09. The Balaban J connectivity index is 2.16. The van der Waals surface area contributed by atoms with Gasteiger partial charge in [0.05, 0.1) is 14.2 Å². The molecular weight excluding hydrogens is 318 g/mol. The number of benzene rings is 2. The molecule has 0 saturated carbocycles. The first-order valence-electron chi connectivity index (χ1n) is 6.35. The summed E-state index contributed by atoms with van der Waals surface area (Å²) in [5.41, 5.74) is 3.39. The number of methoxy groups -OCH3 is 2. The van der Waals surface area contributed by atoms with Crippen molar-refractivity contribution in [3.8, 4) is 11.5 Å². The zero-order valence-corrected chi connectivity index (χ0v) is 13.5. The van der Waals surface area contributed by atoms with Crippen molar-refractivity contribution in [1.29, 1.82) is 0 Å². The molecule has 2 rings (SSSR count). The Bertz CT molecular complexity index is 599. The second-order valence-electron chi connectivity index (χ2n) is 4.44. The van der Waals surface area contributed by atoms with Crippen LogP contribution in [0.5, 0.6) is 11.5 Å². The lowest BCUT2D eigenvalue weighted by atomic mass is 10.1. The second kappa shape index (κ2) is 6.66. The van der Waals surface area contributed by atoms with E-state index in [-0.39, 0.29) is 0 Å². The summed E-state index contributed by atoms with van der Waals surface area (Å²) in [6, 6.07) is 12.0. The highest BCUT2D eigenvalue weighted by Crippen LogP contribution is 2.27. The van der Waals surface area contributed by atoms with E-state index in [4.69, 9.17) is 9.47 Å². The van der Waals surface area contributed by atoms with Gasteiger partial charge in [-0.25, -0.2) is 0 Å². The van der Waals surface area contributed by atoms with E-state index in [0.717, 1.165) is 27.2 Å². The standard InChI is InChI=1S/C16H18BrNO2/c1-11-14(17)5-4-6-15(11)18-10-12-7-8-13(19-2)9-16(12)20-3/h4-9,18H,10H2,1-3H3. The van der Waals surface area contributed by atoms with Gasteiger partial charge in [-0.3, -0.25) is 0 Å². The smallest absolute Gasteiger partial charge is 0.127 e. The fraction of sp³-hybridized carbons (Fsp3) is 0.250. The molecule has 2 aromatic carbocycles. The van der Waals surface area contributed by atoms with Crippen molar-refractivity contribution in [2.75, 3.05) is 19.5 Å². The summed E-state index contributed by atoms with van der Waals surface area (Å²) < 4.78 is 11.7. The molecule has 0 radical (unpaired) electrons. The molecule has 4 heteroatoms. The highest BCUT2D eigenvalue weighted by atomic mass is 79.9. The number of ether oxygens (including phenoxy) is 2. The maximum absolute atomic E-state index is 5.40. The minimum atomic E-state index is 0.699. The second-order valence-corrected chi connectivity index (χ2v) is 5.30. The molecule has 106 valence electrons. The van der Waals surface area contributed by atoms with Gasteiger partial charge < -0.3 is 14.8 Å². The van der Waals surface area contributed by atoms with Crippen molar-refractivity contribution in [2.24, 2.45) is 0 Å². The SMILES string of the molecule is COc1ccc(CNc2cccc(Br)c2C)c(OC)c1. The molecule has 0 saturated heterocycles. The molecule has 0 aromatic heterocycles. The number of nitrogens with one attached hydrogen (secondary N) is 1. The molecule has 1 N–H and O–H groups in total. The van der Waals surface area contributed by atoms with Crippen molar-refractivity contribution in [1.82, 2.24) is 0 Å². The number of halogens is 1. The lowest BCUT2D eigenvalue weighted by Gasteiger charge is -2.14. The van der Waals surface area contributed by atoms with E-state index in [2.05, 4.69) is 34.2 Å². The van der Waals surface area contributed by atoms with Gasteiger partial charge in [-0.1, -0.05) is 22.0 Å². The predicted octanol–water partition coefficient (Wildman–Crippen LogP) is 4.39. The van der Waals surface area contributed by atoms with E-state index in [9.17, 15) is 0 Å². The molecule has 20 heavy (non-hydrogen) atoms. The minimum Gasteiger partial charge on any atom is -0.497 e. The molecule has 0 aliphatic rings. The number of anilines is 1. The summed E-state index contributed by atoms with van der Waals surface area (Å²) in [4.78, 5) is 0. The minimum absolute atomic E-state index is 0.699. The van der Waals surface area contributed by atoms with Crippen LogP contribution in [0, 0.1) is 6.92 Å². The summed E-state index contributed by atoms with van der Waals surface area (Å²) >= 11 is 3.54. The summed E-state index contributed by atoms with van der Waals surface area (Å²) in [7, 11) is 3.32. The monoisotopic (exact) mass is 335 g/mol. The van der Waals surface area contributed by atoms with Crippen LogP contribution in [-0.4, -0.2) is 14.2 Å². The van der Waals surface area contributed by atoms with Crippen LogP contribution in [0.1, 0.15) is 11.1 Å². The van der Waals surface area contributed by atoms with Crippen LogP contribution >= 0.6 is 15.9 Å². The quantitative estimate of drug-likeness (QED) is 0.879. The largest absolute Gasteiger partial charge is 0.497 e. The Kier molecular flexibility index (Phi) is 4.90. The topological polar surface area (TPSA) is 30.5 Å². The van der Waals surface area contributed by atoms with Crippen LogP contribution in [-0.2, 0) is 6.54 Å². The molecule has 0 atom stereocenters. The van der Waals surface area contributed by atoms with Crippen LogP contribution in [0.15, 0.2) is 40.9 Å². The van der Waals surface area contributed by atoms with Gasteiger partial charge in [0.25, 0.3) is 0 Å². The van der Waals surface area contributed by atoms with Crippen LogP contribution < -0.4 is 14.8 Å². The van der Waals surface area contributed by atoms with Gasteiger partial charge in [0.2, 0.25) is 0 Å². The number of hydrogen-bond acceptors (Lipinski definition) is 3. The molecule has 3 nitrogen and oxygen atoms in total. The number of hydrogen-bond donors (Lipinski definition) is 1. The van der Waals surface area contributed by atoms with Gasteiger partial charge in [0.1, 0.15) is 11.5 Å². The first-order valence-corrected chi connectivity index (χ1v) is 7.15. The predicted molar refractivity (Wildman–Crippen MR) is 85.8 cm³/mol. The van der Waals surface area contributed by atoms with Gasteiger partial charge in [-0.15, -0.1) is 0 Å². The lowest BCUT2D eigenvalue weighted by molar-refractivity contribution is 0.391. The summed E-state index contributed by atoms with van der Waals surface area (Å²) in [6.45, 7) is 2.78. The maximum atomic E-state index is 5.40. The van der Waals surface area contributed by atoms with E-state index in [1.54, 1.807) is 14.2 Å². The third kappa shape index (κ3) is 3.25. The average Bonchev–Trinajstić information content (AvgIpc) is 2.48. The van der Waals surface area contributed by atoms with Crippen molar-refractivity contribution < 1.29 is 9.47 Å². The molecule has 0 bridgehead atoms. The lowest BCUT2D eigenvalue weighted by Crippen LogP contribution is -2.03. The van der Waals surface area contributed by atoms with E-state index in [1.165, 1.54) is 5.56 Å². The normalized spacial score (nSPS) is 10.2. The van der Waals surface area contributed by atoms with Crippen LogP contribution in [0.2, 0.25) is 0 Å². The Morgan fingerprint density at radius 1 is 1.10 bits per heavy atom. The average molecular weight is 336 g/mol. The third-order valence-electron chi connectivity index (χ3n) is 3.23. The van der Waals surface area contributed by atoms with Crippen LogP contribution in [0.25, 0.3) is 0 Å². The van der Waals surface area contributed by atoms with Crippen LogP contribution in [0.3, 0.4) is 0 Å². The Hall–Kier alpha value is -1.68. The highest BCUT2D eigenvalue weighted by molar-refractivity contribution is 9.10. The molecule has 0 fully saturated rings. The molecule has 0 heterocycles. The van der Waals surface area contributed by atoms with Gasteiger partial charge in [0, 0.05) is 28.3 Å². The zero-order valence-electron chi connectivity index (χ0n) is 11.9. The first kappa shape index (κ1) is 14.7. The molecule has 0 spiro atoms. The summed E-state index contributed by atoms with van der Waals surface area (Å²) in [6.07, 6.45) is 0. The van der Waals surface area contributed by atoms with Crippen molar-refractivity contribution in [3.05, 3.63) is 52.0 Å². The summed E-state index contributed by atoms with van der Waals surface area (Å²) in [5.74, 6) is 1.62. The van der Waals surface area contributed by atoms with Gasteiger partial charge in [0.15, 0.2) is 0 Å². The van der Waals surface area contributed by atoms with Crippen molar-refractivity contribution in [3.63, 3.8) is 0 Å². The van der Waals surface area contributed by atoms with Crippen molar-refractivity contribution in [2.45, 2.75) is 13.5 Å². The molecule has 0 aliphatic heterocycles. The van der Waals surface area contributed by atoms with E-state index in [0.29, 0.717) is 6.54 Å². The van der Waals surface area contributed by atoms with Gasteiger partial charge in [-0.2, -0.15) is 0 Å². The molecule has 0 unspecified atom stereocenters. The first-order chi connectivity index (χ1) is 9.65. The van der Waals surface area contributed by atoms with E-state index in [1.807, 2.05) is 30.3 Å². The zero-order chi connectivity index (χ0) is 14.5. The Labute approximate surface area is 128 Å². The van der Waals surface area contributed by atoms with Crippen LogP contribution in [0.4, 0.5) is 5.69 Å². The molecule has 2 aromatic rings. The van der Waals surface area contributed by atoms with E-state index >= 15 is 0 Å². The Morgan fingerprint density at radius 2 is 1.90 bits per heavy atom. The summed E-state index contributed by atoms with van der Waals surface area (Å²) in [5, 5.41) is 3.43. The number of rotatable bonds is 5. The van der Waals surface area contributed by atoms with Gasteiger partial charge in [-0.05, 0) is 36.8 Å². The molecular formula is C16H18BrNO2. The van der Waals surface area contributed by atoms with E-state index < -0.39 is 0 Å². The van der Waals surface area contributed by atoms with Gasteiger partial charge >= 0.3 is 0 Å². The molecule has 0 amide bonds. The Morgan fingerprint density at radius 3 is 2.60 bits per heavy atom. The molecule has 0 aliphatic carbocycles. The fourth-order valence-electron chi connectivity index (χ4n) is 1.99. The van der Waals surface area contributed by atoms with Crippen molar-refractivity contribution >= 4 is 21.6 Å². The highest BCUT2D eigenvalue weighted by Gasteiger charge is 2.06. The fourth-order valence-corrected chi connectivity index (χ4v) is 2.35.